The second kappa shape index (κ2) is 11.0. The molecule has 0 aliphatic carbocycles. The molecule has 0 saturated carbocycles. The van der Waals surface area contributed by atoms with Crippen LogP contribution in [-0.4, -0.2) is 70.9 Å². The molecule has 170 valence electrons. The molecule has 0 spiro atoms. The molecular formula is C16H20Cl3NO10. The molecule has 1 aliphatic heterocycles. The lowest BCUT2D eigenvalue weighted by Crippen LogP contribution is -2.63. The first-order valence-corrected chi connectivity index (χ1v) is 9.48. The lowest BCUT2D eigenvalue weighted by Gasteiger charge is -2.43. The molecule has 11 nitrogen and oxygen atoms in total. The Morgan fingerprint density at radius 2 is 1.23 bits per heavy atom. The van der Waals surface area contributed by atoms with Crippen LogP contribution in [0.4, 0.5) is 0 Å². The number of rotatable bonds is 6. The third-order valence-electron chi connectivity index (χ3n) is 3.43. The molecule has 1 rings (SSSR count). The Labute approximate surface area is 186 Å². The molecule has 30 heavy (non-hydrogen) atoms. The van der Waals surface area contributed by atoms with E-state index in [2.05, 4.69) is 0 Å². The van der Waals surface area contributed by atoms with Crippen molar-refractivity contribution in [2.24, 2.45) is 0 Å². The van der Waals surface area contributed by atoms with Gasteiger partial charge in [0, 0.05) is 27.7 Å². The molecule has 1 N–H and O–H groups in total. The summed E-state index contributed by atoms with van der Waals surface area (Å²) < 4.78 is 28.9. The third kappa shape index (κ3) is 8.13. The summed E-state index contributed by atoms with van der Waals surface area (Å²) in [6.45, 7) is 3.74. The molecule has 0 aromatic heterocycles. The second-order valence-electron chi connectivity index (χ2n) is 6.01. The average Bonchev–Trinajstić information content (AvgIpc) is 2.55. The van der Waals surface area contributed by atoms with Crippen molar-refractivity contribution in [2.45, 2.75) is 62.2 Å². The van der Waals surface area contributed by atoms with Gasteiger partial charge in [-0.2, -0.15) is 0 Å². The fourth-order valence-corrected chi connectivity index (χ4v) is 2.66. The van der Waals surface area contributed by atoms with Gasteiger partial charge in [-0.05, 0) is 0 Å². The van der Waals surface area contributed by atoms with Crippen LogP contribution < -0.4 is 0 Å². The van der Waals surface area contributed by atoms with Crippen molar-refractivity contribution < 1.29 is 47.6 Å². The fourth-order valence-electron chi connectivity index (χ4n) is 2.49. The molecule has 0 bridgehead atoms. The maximum atomic E-state index is 11.6. The van der Waals surface area contributed by atoms with Gasteiger partial charge in [0.05, 0.1) is 0 Å². The molecule has 1 fully saturated rings. The van der Waals surface area contributed by atoms with E-state index in [1.54, 1.807) is 0 Å². The van der Waals surface area contributed by atoms with Crippen molar-refractivity contribution in [3.63, 3.8) is 0 Å². The number of ether oxygens (including phenoxy) is 6. The predicted molar refractivity (Wildman–Crippen MR) is 101 cm³/mol. The van der Waals surface area contributed by atoms with E-state index in [0.29, 0.717) is 0 Å². The molecule has 14 heteroatoms. The first-order valence-electron chi connectivity index (χ1n) is 8.35. The van der Waals surface area contributed by atoms with Crippen molar-refractivity contribution >= 4 is 64.6 Å². The molecule has 0 aromatic rings. The van der Waals surface area contributed by atoms with Gasteiger partial charge in [-0.3, -0.25) is 24.6 Å². The standard InChI is InChI=1S/C16H20Cl3NO10/c1-6(21)26-11-10(5-25-15(20)16(17,18)19)30-14(29-9(4)24)13(28-8(3)23)12(11)27-7(2)22/h10-14,20H,5H2,1-4H3/t10-,11+,12+,13-,14?/m1/s1. The number of carbonyl (C=O) groups is 4. The summed E-state index contributed by atoms with van der Waals surface area (Å²) >= 11 is 16.7. The molecule has 0 amide bonds. The van der Waals surface area contributed by atoms with Crippen LogP contribution in [0.25, 0.3) is 0 Å². The predicted octanol–water partition coefficient (Wildman–Crippen LogP) is 1.43. The van der Waals surface area contributed by atoms with Crippen molar-refractivity contribution in [3.05, 3.63) is 0 Å². The van der Waals surface area contributed by atoms with Crippen LogP contribution in [0.5, 0.6) is 0 Å². The Bertz CT molecular complexity index is 695. The number of carbonyl (C=O) groups excluding carboxylic acids is 4. The Kier molecular flexibility index (Phi) is 9.60. The van der Waals surface area contributed by atoms with Gasteiger partial charge in [0.15, 0.2) is 12.2 Å². The maximum absolute atomic E-state index is 11.6. The minimum Gasteiger partial charge on any atom is -0.475 e. The monoisotopic (exact) mass is 491 g/mol. The highest BCUT2D eigenvalue weighted by molar-refractivity contribution is 6.76. The Morgan fingerprint density at radius 3 is 1.67 bits per heavy atom. The highest BCUT2D eigenvalue weighted by Gasteiger charge is 2.53. The highest BCUT2D eigenvalue weighted by Crippen LogP contribution is 2.31. The van der Waals surface area contributed by atoms with Gasteiger partial charge in [-0.15, -0.1) is 0 Å². The number of halogens is 3. The molecule has 5 atom stereocenters. The van der Waals surface area contributed by atoms with Gasteiger partial charge < -0.3 is 28.4 Å². The van der Waals surface area contributed by atoms with Crippen LogP contribution in [0.3, 0.4) is 0 Å². The summed E-state index contributed by atoms with van der Waals surface area (Å²) in [5.41, 5.74) is 0. The summed E-state index contributed by atoms with van der Waals surface area (Å²) in [5, 5.41) is 7.60. The van der Waals surface area contributed by atoms with E-state index < -0.39 is 70.9 Å². The molecule has 1 aliphatic rings. The van der Waals surface area contributed by atoms with E-state index in [1.807, 2.05) is 0 Å². The van der Waals surface area contributed by atoms with Crippen molar-refractivity contribution in [2.75, 3.05) is 6.61 Å². The Hall–Kier alpha value is -1.82. The maximum Gasteiger partial charge on any atom is 0.305 e. The first-order chi connectivity index (χ1) is 13.7. The van der Waals surface area contributed by atoms with Gasteiger partial charge in [0.1, 0.15) is 12.7 Å². The van der Waals surface area contributed by atoms with Crippen LogP contribution in [0.2, 0.25) is 0 Å². The number of esters is 4. The third-order valence-corrected chi connectivity index (χ3v) is 3.94. The topological polar surface area (TPSA) is 148 Å². The SMILES string of the molecule is CC(=O)OC1O[C@H](COC(=N)C(Cl)(Cl)Cl)[C@H](OC(C)=O)[C@H](OC(C)=O)[C@H]1OC(C)=O. The molecular weight excluding hydrogens is 473 g/mol. The van der Waals surface area contributed by atoms with Crippen LogP contribution in [0, 0.1) is 5.41 Å². The van der Waals surface area contributed by atoms with Crippen LogP contribution >= 0.6 is 34.8 Å². The second-order valence-corrected chi connectivity index (χ2v) is 8.29. The number of alkyl halides is 3. The minimum atomic E-state index is -2.18. The van der Waals surface area contributed by atoms with Crippen molar-refractivity contribution in [3.8, 4) is 0 Å². The van der Waals surface area contributed by atoms with Crippen molar-refractivity contribution in [1.29, 1.82) is 5.41 Å². The number of hydrogen-bond acceptors (Lipinski definition) is 11. The van der Waals surface area contributed by atoms with E-state index >= 15 is 0 Å². The molecule has 0 aromatic carbocycles. The van der Waals surface area contributed by atoms with E-state index in [-0.39, 0.29) is 0 Å². The normalized spacial score (nSPS) is 26.2. The summed E-state index contributed by atoms with van der Waals surface area (Å²) in [7, 11) is 0. The minimum absolute atomic E-state index is 0.535. The molecule has 1 saturated heterocycles. The van der Waals surface area contributed by atoms with Gasteiger partial charge >= 0.3 is 23.9 Å². The van der Waals surface area contributed by atoms with Gasteiger partial charge in [-0.25, -0.2) is 0 Å². The van der Waals surface area contributed by atoms with Crippen LogP contribution in [0.1, 0.15) is 27.7 Å². The average molecular weight is 493 g/mol. The van der Waals surface area contributed by atoms with Crippen LogP contribution in [0.15, 0.2) is 0 Å². The molecule has 1 heterocycles. The Morgan fingerprint density at radius 1 is 0.800 bits per heavy atom. The summed E-state index contributed by atoms with van der Waals surface area (Å²) in [6, 6.07) is 0. The van der Waals surface area contributed by atoms with E-state index in [9.17, 15) is 19.2 Å². The lowest BCUT2D eigenvalue weighted by atomic mass is 9.98. The fraction of sp³-hybridized carbons (Fsp3) is 0.688. The van der Waals surface area contributed by atoms with E-state index in [4.69, 9.17) is 68.6 Å². The summed E-state index contributed by atoms with van der Waals surface area (Å²) in [6.07, 6.45) is -7.13. The Balaban J connectivity index is 3.30. The summed E-state index contributed by atoms with van der Waals surface area (Å²) in [5.74, 6) is -4.00. The van der Waals surface area contributed by atoms with Gasteiger partial charge in [0.2, 0.25) is 18.3 Å². The van der Waals surface area contributed by atoms with Gasteiger partial charge in [-0.1, -0.05) is 34.8 Å². The van der Waals surface area contributed by atoms with E-state index in [0.717, 1.165) is 27.7 Å². The van der Waals surface area contributed by atoms with E-state index in [1.165, 1.54) is 0 Å². The zero-order chi connectivity index (χ0) is 23.2. The quantitative estimate of drug-likeness (QED) is 0.190. The lowest BCUT2D eigenvalue weighted by molar-refractivity contribution is -0.299. The van der Waals surface area contributed by atoms with Crippen LogP contribution in [-0.2, 0) is 47.6 Å². The number of hydrogen-bond donors (Lipinski definition) is 1. The van der Waals surface area contributed by atoms with Crippen molar-refractivity contribution in [1.82, 2.24) is 0 Å². The zero-order valence-corrected chi connectivity index (χ0v) is 18.6. The summed E-state index contributed by atoms with van der Waals surface area (Å²) in [4.78, 5) is 46.3. The largest absolute Gasteiger partial charge is 0.475 e. The zero-order valence-electron chi connectivity index (χ0n) is 16.3. The highest BCUT2D eigenvalue weighted by atomic mass is 35.6. The molecule has 1 unspecified atom stereocenters. The number of nitrogens with one attached hydrogen (secondary N) is 1. The first kappa shape index (κ1) is 26.2. The van der Waals surface area contributed by atoms with Gasteiger partial charge in [0.25, 0.3) is 3.79 Å². The molecule has 0 radical (unpaired) electrons. The smallest absolute Gasteiger partial charge is 0.305 e.